The van der Waals surface area contributed by atoms with Gasteiger partial charge in [0.15, 0.2) is 0 Å². The highest BCUT2D eigenvalue weighted by molar-refractivity contribution is 7.33. The number of alkyl halides is 1. The van der Waals surface area contributed by atoms with Crippen LogP contribution in [-0.2, 0) is 0 Å². The van der Waals surface area contributed by atoms with Crippen LogP contribution in [0.15, 0.2) is 0 Å². The largest absolute Gasteiger partial charge is 0.237 e. The summed E-state index contributed by atoms with van der Waals surface area (Å²) in [7, 11) is -1.39. The second-order valence-electron chi connectivity index (χ2n) is 1.89. The average Bonchev–Trinajstić information content (AvgIpc) is 1.65. The molecular weight excluding hydrogens is 182 g/mol. The Balaban J connectivity index is 3.10. The van der Waals surface area contributed by atoms with Crippen LogP contribution in [-0.4, -0.2) is 13.3 Å². The normalized spacial score (nSPS) is 14.6. The van der Waals surface area contributed by atoms with E-state index < -0.39 is 7.42 Å². The standard InChI is InChI=1S/C4H9Cl3Si/c1-4(2-5)3-8(6)7/h4,8H,2-3H2,1H3. The van der Waals surface area contributed by atoms with Crippen LogP contribution in [0.2, 0.25) is 6.04 Å². The van der Waals surface area contributed by atoms with Crippen LogP contribution in [0.1, 0.15) is 6.92 Å². The molecule has 50 valence electrons. The average molecular weight is 192 g/mol. The second kappa shape index (κ2) is 4.92. The van der Waals surface area contributed by atoms with Gasteiger partial charge in [-0.1, -0.05) is 6.92 Å². The van der Waals surface area contributed by atoms with Crippen LogP contribution >= 0.6 is 33.8 Å². The van der Waals surface area contributed by atoms with Gasteiger partial charge in [0.25, 0.3) is 0 Å². The van der Waals surface area contributed by atoms with Crippen LogP contribution in [0.3, 0.4) is 0 Å². The molecule has 4 heteroatoms. The zero-order valence-electron chi connectivity index (χ0n) is 4.70. The van der Waals surface area contributed by atoms with Crippen LogP contribution in [0.5, 0.6) is 0 Å². The molecule has 0 aromatic carbocycles. The number of rotatable bonds is 3. The molecule has 0 aliphatic heterocycles. The smallest absolute Gasteiger partial charge is 0.150 e. The molecule has 8 heavy (non-hydrogen) atoms. The molecule has 0 fully saturated rings. The van der Waals surface area contributed by atoms with Gasteiger partial charge in [-0.2, -0.15) is 22.2 Å². The van der Waals surface area contributed by atoms with E-state index in [9.17, 15) is 0 Å². The van der Waals surface area contributed by atoms with Crippen molar-refractivity contribution in [3.8, 4) is 0 Å². The van der Waals surface area contributed by atoms with Crippen molar-refractivity contribution in [2.75, 3.05) is 5.88 Å². The molecule has 0 N–H and O–H groups in total. The summed E-state index contributed by atoms with van der Waals surface area (Å²) in [4.78, 5) is 0. The van der Waals surface area contributed by atoms with Crippen LogP contribution in [0, 0.1) is 5.92 Å². The Morgan fingerprint density at radius 2 is 2.00 bits per heavy atom. The first kappa shape index (κ1) is 9.09. The summed E-state index contributed by atoms with van der Waals surface area (Å²) in [5.41, 5.74) is 0. The zero-order valence-corrected chi connectivity index (χ0v) is 8.13. The Hall–Kier alpha value is 1.09. The Morgan fingerprint density at radius 3 is 2.12 bits per heavy atom. The van der Waals surface area contributed by atoms with Crippen molar-refractivity contribution in [1.29, 1.82) is 0 Å². The Labute approximate surface area is 66.1 Å². The van der Waals surface area contributed by atoms with E-state index in [1.807, 2.05) is 0 Å². The minimum absolute atomic E-state index is 0.489. The van der Waals surface area contributed by atoms with Crippen molar-refractivity contribution in [3.05, 3.63) is 0 Å². The highest BCUT2D eigenvalue weighted by Gasteiger charge is 2.07. The monoisotopic (exact) mass is 190 g/mol. The van der Waals surface area contributed by atoms with Crippen LogP contribution < -0.4 is 0 Å². The lowest BCUT2D eigenvalue weighted by Gasteiger charge is -2.03. The first-order valence-corrected chi connectivity index (χ1v) is 7.35. The summed E-state index contributed by atoms with van der Waals surface area (Å²) in [6.07, 6.45) is 0. The molecule has 0 saturated carbocycles. The molecule has 0 aliphatic rings. The van der Waals surface area contributed by atoms with E-state index in [1.54, 1.807) is 0 Å². The van der Waals surface area contributed by atoms with Gasteiger partial charge in [-0.05, 0) is 12.0 Å². The molecule has 0 radical (unpaired) electrons. The Kier molecular flexibility index (Phi) is 5.59. The Bertz CT molecular complexity index is 57.2. The Morgan fingerprint density at radius 1 is 1.50 bits per heavy atom. The van der Waals surface area contributed by atoms with Gasteiger partial charge in [0.2, 0.25) is 7.42 Å². The third-order valence-electron chi connectivity index (χ3n) is 0.844. The molecule has 0 nitrogen and oxygen atoms in total. The fourth-order valence-corrected chi connectivity index (χ4v) is 3.30. The SMILES string of the molecule is CC(CCl)C[SiH](Cl)Cl. The maximum atomic E-state index is 5.60. The summed E-state index contributed by atoms with van der Waals surface area (Å²) < 4.78 is 0. The maximum Gasteiger partial charge on any atom is 0.237 e. The van der Waals surface area contributed by atoms with E-state index in [2.05, 4.69) is 6.92 Å². The second-order valence-corrected chi connectivity index (χ2v) is 7.28. The van der Waals surface area contributed by atoms with E-state index in [-0.39, 0.29) is 0 Å². The fourth-order valence-electron chi connectivity index (χ4n) is 0.367. The van der Waals surface area contributed by atoms with Gasteiger partial charge in [0, 0.05) is 5.88 Å². The lowest BCUT2D eigenvalue weighted by Crippen LogP contribution is -2.02. The molecule has 0 rings (SSSR count). The van der Waals surface area contributed by atoms with Crippen molar-refractivity contribution in [2.24, 2.45) is 5.92 Å². The molecule has 0 aromatic rings. The van der Waals surface area contributed by atoms with Crippen LogP contribution in [0.4, 0.5) is 0 Å². The van der Waals surface area contributed by atoms with E-state index in [0.29, 0.717) is 11.8 Å². The minimum atomic E-state index is -1.39. The van der Waals surface area contributed by atoms with Gasteiger partial charge in [0.1, 0.15) is 0 Å². The van der Waals surface area contributed by atoms with Crippen molar-refractivity contribution in [2.45, 2.75) is 13.0 Å². The van der Waals surface area contributed by atoms with Gasteiger partial charge < -0.3 is 0 Å². The van der Waals surface area contributed by atoms with Gasteiger partial charge in [0.05, 0.1) is 0 Å². The molecule has 0 aromatic heterocycles. The maximum absolute atomic E-state index is 5.60. The van der Waals surface area contributed by atoms with E-state index in [4.69, 9.17) is 33.8 Å². The summed E-state index contributed by atoms with van der Waals surface area (Å²) in [6.45, 7) is 2.05. The number of hydrogen-bond donors (Lipinski definition) is 0. The van der Waals surface area contributed by atoms with Crippen molar-refractivity contribution < 1.29 is 0 Å². The van der Waals surface area contributed by atoms with Gasteiger partial charge >= 0.3 is 0 Å². The predicted octanol–water partition coefficient (Wildman–Crippen LogP) is 2.56. The molecule has 0 bridgehead atoms. The van der Waals surface area contributed by atoms with Crippen LogP contribution in [0.25, 0.3) is 0 Å². The summed E-state index contributed by atoms with van der Waals surface area (Å²) in [5.74, 6) is 1.16. The zero-order chi connectivity index (χ0) is 6.57. The molecule has 1 atom stereocenters. The summed E-state index contributed by atoms with van der Waals surface area (Å²) in [6, 6.07) is 0.923. The third-order valence-corrected chi connectivity index (χ3v) is 3.60. The first-order chi connectivity index (χ1) is 3.66. The molecule has 0 heterocycles. The predicted molar refractivity (Wildman–Crippen MR) is 43.5 cm³/mol. The molecular formula is C4H9Cl3Si. The summed E-state index contributed by atoms with van der Waals surface area (Å²) >= 11 is 16.7. The molecule has 0 aliphatic carbocycles. The van der Waals surface area contributed by atoms with Gasteiger partial charge in [-0.3, -0.25) is 0 Å². The summed E-state index contributed by atoms with van der Waals surface area (Å²) in [5, 5.41) is 0. The molecule has 1 unspecified atom stereocenters. The van der Waals surface area contributed by atoms with E-state index in [1.165, 1.54) is 0 Å². The molecule has 0 saturated heterocycles. The van der Waals surface area contributed by atoms with Crippen molar-refractivity contribution >= 4 is 41.2 Å². The number of halogens is 3. The highest BCUT2D eigenvalue weighted by atomic mass is 35.7. The molecule has 0 amide bonds. The fraction of sp³-hybridized carbons (Fsp3) is 1.00. The third kappa shape index (κ3) is 5.23. The molecule has 0 spiro atoms. The van der Waals surface area contributed by atoms with Gasteiger partial charge in [-0.15, -0.1) is 11.6 Å². The van der Waals surface area contributed by atoms with E-state index in [0.717, 1.165) is 6.04 Å². The topological polar surface area (TPSA) is 0 Å². The minimum Gasteiger partial charge on any atom is -0.150 e. The van der Waals surface area contributed by atoms with Crippen molar-refractivity contribution in [3.63, 3.8) is 0 Å². The van der Waals surface area contributed by atoms with Gasteiger partial charge in [-0.25, -0.2) is 0 Å². The quantitative estimate of drug-likeness (QED) is 0.365. The van der Waals surface area contributed by atoms with E-state index >= 15 is 0 Å². The lowest BCUT2D eigenvalue weighted by molar-refractivity contribution is 0.741. The lowest BCUT2D eigenvalue weighted by atomic mass is 10.3. The highest BCUT2D eigenvalue weighted by Crippen LogP contribution is 2.13. The van der Waals surface area contributed by atoms with Crippen molar-refractivity contribution in [1.82, 2.24) is 0 Å². The first-order valence-electron chi connectivity index (χ1n) is 2.51. The number of hydrogen-bond acceptors (Lipinski definition) is 0.